The van der Waals surface area contributed by atoms with E-state index in [1.165, 1.54) is 12.0 Å². The van der Waals surface area contributed by atoms with Gasteiger partial charge in [-0.15, -0.1) is 13.2 Å². The molecule has 1 nitrogen and oxygen atoms in total. The van der Waals surface area contributed by atoms with Gasteiger partial charge in [0.1, 0.15) is 0 Å². The van der Waals surface area contributed by atoms with Crippen molar-refractivity contribution >= 4 is 0 Å². The molecule has 1 N–H and O–H groups in total. The molecule has 0 aromatic rings. The van der Waals surface area contributed by atoms with E-state index in [0.717, 1.165) is 19.4 Å². The molecule has 1 heteroatoms. The van der Waals surface area contributed by atoms with Crippen molar-refractivity contribution in [3.63, 3.8) is 0 Å². The summed E-state index contributed by atoms with van der Waals surface area (Å²) in [6.45, 7) is 13.0. The van der Waals surface area contributed by atoms with Gasteiger partial charge in [-0.2, -0.15) is 0 Å². The minimum absolute atomic E-state index is 0.542. The summed E-state index contributed by atoms with van der Waals surface area (Å²) in [7, 11) is 0. The Balaban J connectivity index is 3.68. The first-order valence-corrected chi connectivity index (χ1v) is 4.69. The predicted octanol–water partition coefficient (Wildman–Crippen LogP) is 2.90. The fourth-order valence-corrected chi connectivity index (χ4v) is 1.21. The van der Waals surface area contributed by atoms with Crippen molar-refractivity contribution in [2.75, 3.05) is 6.54 Å². The molecule has 0 saturated carbocycles. The Morgan fingerprint density at radius 3 is 2.67 bits per heavy atom. The van der Waals surface area contributed by atoms with Crippen LogP contribution in [0.3, 0.4) is 0 Å². The molecule has 0 fully saturated rings. The van der Waals surface area contributed by atoms with Crippen LogP contribution < -0.4 is 5.32 Å². The van der Waals surface area contributed by atoms with E-state index in [1.807, 2.05) is 6.08 Å². The van der Waals surface area contributed by atoms with Gasteiger partial charge < -0.3 is 5.32 Å². The van der Waals surface area contributed by atoms with E-state index in [1.54, 1.807) is 0 Å². The summed E-state index contributed by atoms with van der Waals surface area (Å²) in [6.07, 6.45) is 5.25. The fraction of sp³-hybridized carbons (Fsp3) is 0.636. The smallest absolute Gasteiger partial charge is 0.0138 e. The van der Waals surface area contributed by atoms with Crippen molar-refractivity contribution in [2.45, 2.75) is 39.2 Å². The Morgan fingerprint density at radius 2 is 2.25 bits per heavy atom. The molecule has 0 aliphatic carbocycles. The Hall–Kier alpha value is -0.560. The van der Waals surface area contributed by atoms with Crippen molar-refractivity contribution in [3.8, 4) is 0 Å². The molecule has 0 spiro atoms. The maximum absolute atomic E-state index is 3.91. The zero-order valence-corrected chi connectivity index (χ0v) is 8.40. The summed E-state index contributed by atoms with van der Waals surface area (Å²) in [6, 6.07) is 0.542. The van der Waals surface area contributed by atoms with Crippen LogP contribution in [-0.4, -0.2) is 12.6 Å². The van der Waals surface area contributed by atoms with Crippen LogP contribution in [0.2, 0.25) is 0 Å². The Kier molecular flexibility index (Phi) is 6.78. The topological polar surface area (TPSA) is 12.0 Å². The lowest BCUT2D eigenvalue weighted by Crippen LogP contribution is -2.29. The maximum atomic E-state index is 3.91. The molecule has 1 unspecified atom stereocenters. The lowest BCUT2D eigenvalue weighted by Gasteiger charge is -2.16. The van der Waals surface area contributed by atoms with Crippen molar-refractivity contribution in [2.24, 2.45) is 0 Å². The van der Waals surface area contributed by atoms with Gasteiger partial charge in [0.2, 0.25) is 0 Å². The Morgan fingerprint density at radius 1 is 1.58 bits per heavy atom. The van der Waals surface area contributed by atoms with E-state index in [9.17, 15) is 0 Å². The summed E-state index contributed by atoms with van der Waals surface area (Å²) < 4.78 is 0. The molecule has 1 atom stereocenters. The van der Waals surface area contributed by atoms with Gasteiger partial charge in [0, 0.05) is 6.04 Å². The molecule has 0 amide bonds. The quantitative estimate of drug-likeness (QED) is 0.575. The largest absolute Gasteiger partial charge is 0.313 e. The van der Waals surface area contributed by atoms with Crippen LogP contribution in [0.25, 0.3) is 0 Å². The van der Waals surface area contributed by atoms with Crippen LogP contribution in [-0.2, 0) is 0 Å². The highest BCUT2D eigenvalue weighted by Gasteiger charge is 2.04. The van der Waals surface area contributed by atoms with Crippen molar-refractivity contribution in [3.05, 3.63) is 24.8 Å². The molecule has 0 aromatic heterocycles. The third-order valence-corrected chi connectivity index (χ3v) is 1.73. The zero-order chi connectivity index (χ0) is 9.40. The Bertz CT molecular complexity index is 138. The standard InChI is InChI=1S/C11H21N/c1-5-7-11(9-10(3)4)12-8-6-2/h5,11-12H,1,3,6-9H2,2,4H3. The van der Waals surface area contributed by atoms with Gasteiger partial charge in [-0.05, 0) is 32.7 Å². The molecule has 0 heterocycles. The van der Waals surface area contributed by atoms with E-state index >= 15 is 0 Å². The van der Waals surface area contributed by atoms with Crippen LogP contribution in [0.4, 0.5) is 0 Å². The number of nitrogens with one attached hydrogen (secondary N) is 1. The van der Waals surface area contributed by atoms with E-state index in [0.29, 0.717) is 6.04 Å². The number of hydrogen-bond acceptors (Lipinski definition) is 1. The zero-order valence-electron chi connectivity index (χ0n) is 8.40. The van der Waals surface area contributed by atoms with Crippen LogP contribution in [0.5, 0.6) is 0 Å². The molecular formula is C11H21N. The van der Waals surface area contributed by atoms with Crippen molar-refractivity contribution < 1.29 is 0 Å². The highest BCUT2D eigenvalue weighted by atomic mass is 14.9. The minimum atomic E-state index is 0.542. The molecule has 12 heavy (non-hydrogen) atoms. The predicted molar refractivity (Wildman–Crippen MR) is 56.3 cm³/mol. The van der Waals surface area contributed by atoms with Gasteiger partial charge in [-0.3, -0.25) is 0 Å². The second kappa shape index (κ2) is 7.11. The number of rotatable bonds is 7. The van der Waals surface area contributed by atoms with Crippen LogP contribution in [0, 0.1) is 0 Å². The van der Waals surface area contributed by atoms with E-state index in [4.69, 9.17) is 0 Å². The van der Waals surface area contributed by atoms with Gasteiger partial charge in [0.25, 0.3) is 0 Å². The molecule has 0 aromatic carbocycles. The van der Waals surface area contributed by atoms with E-state index in [2.05, 4.69) is 32.3 Å². The van der Waals surface area contributed by atoms with Crippen LogP contribution in [0.15, 0.2) is 24.8 Å². The maximum Gasteiger partial charge on any atom is 0.0138 e. The lowest BCUT2D eigenvalue weighted by atomic mass is 10.1. The summed E-state index contributed by atoms with van der Waals surface area (Å²) in [4.78, 5) is 0. The van der Waals surface area contributed by atoms with Gasteiger partial charge in [0.05, 0.1) is 0 Å². The molecule has 0 aliphatic heterocycles. The normalized spacial score (nSPS) is 12.5. The second-order valence-electron chi connectivity index (χ2n) is 3.34. The second-order valence-corrected chi connectivity index (χ2v) is 3.34. The monoisotopic (exact) mass is 167 g/mol. The fourth-order valence-electron chi connectivity index (χ4n) is 1.21. The Labute approximate surface area is 76.6 Å². The van der Waals surface area contributed by atoms with Gasteiger partial charge >= 0.3 is 0 Å². The van der Waals surface area contributed by atoms with Crippen LogP contribution in [0.1, 0.15) is 33.1 Å². The third kappa shape index (κ3) is 6.17. The first kappa shape index (κ1) is 11.4. The van der Waals surface area contributed by atoms with Crippen molar-refractivity contribution in [1.82, 2.24) is 5.32 Å². The lowest BCUT2D eigenvalue weighted by molar-refractivity contribution is 0.511. The molecule has 0 radical (unpaired) electrons. The van der Waals surface area contributed by atoms with Gasteiger partial charge in [0.15, 0.2) is 0 Å². The van der Waals surface area contributed by atoms with E-state index in [-0.39, 0.29) is 0 Å². The van der Waals surface area contributed by atoms with Gasteiger partial charge in [-0.1, -0.05) is 18.6 Å². The average Bonchev–Trinajstić information content (AvgIpc) is 2.00. The molecule has 0 saturated heterocycles. The highest BCUT2D eigenvalue weighted by molar-refractivity contribution is 4.94. The van der Waals surface area contributed by atoms with Crippen LogP contribution >= 0.6 is 0 Å². The van der Waals surface area contributed by atoms with Gasteiger partial charge in [-0.25, -0.2) is 0 Å². The SMILES string of the molecule is C=CCC(CC(=C)C)NCCC. The summed E-state index contributed by atoms with van der Waals surface area (Å²) in [5, 5.41) is 3.47. The number of hydrogen-bond donors (Lipinski definition) is 1. The minimum Gasteiger partial charge on any atom is -0.313 e. The molecule has 0 bridgehead atoms. The summed E-state index contributed by atoms with van der Waals surface area (Å²) in [5.41, 5.74) is 1.24. The third-order valence-electron chi connectivity index (χ3n) is 1.73. The summed E-state index contributed by atoms with van der Waals surface area (Å²) in [5.74, 6) is 0. The van der Waals surface area contributed by atoms with E-state index < -0.39 is 0 Å². The molecule has 0 rings (SSSR count). The first-order chi connectivity index (χ1) is 5.70. The highest BCUT2D eigenvalue weighted by Crippen LogP contribution is 2.05. The van der Waals surface area contributed by atoms with Crippen molar-refractivity contribution in [1.29, 1.82) is 0 Å². The first-order valence-electron chi connectivity index (χ1n) is 4.69. The molecular weight excluding hydrogens is 146 g/mol. The molecule has 70 valence electrons. The molecule has 0 aliphatic rings. The average molecular weight is 167 g/mol. The summed E-state index contributed by atoms with van der Waals surface area (Å²) >= 11 is 0.